The highest BCUT2D eigenvalue weighted by molar-refractivity contribution is 7.89. The van der Waals surface area contributed by atoms with Crippen molar-refractivity contribution in [2.24, 2.45) is 11.8 Å². The molecule has 3 heterocycles. The maximum atomic E-state index is 12.4. The second-order valence-corrected chi connectivity index (χ2v) is 6.87. The third-order valence-corrected chi connectivity index (χ3v) is 5.58. The molecule has 0 radical (unpaired) electrons. The van der Waals surface area contributed by atoms with Gasteiger partial charge in [0.15, 0.2) is 0 Å². The molecule has 20 heavy (non-hydrogen) atoms. The number of nitrogens with one attached hydrogen (secondary N) is 3. The topological polar surface area (TPSA) is 86.9 Å². The standard InChI is InChI=1S/C12H14N4O2S.ClH/c17-19(18,16-11-8-4-13-5-9(8)11)10-6-15-12-7(10)2-1-3-14-12;/h1-3,6,8-9,11,13,16H,4-5H2,(H,14,15);1H. The fourth-order valence-corrected chi connectivity index (χ4v) is 4.49. The minimum absolute atomic E-state index is 0. The average molecular weight is 315 g/mol. The van der Waals surface area contributed by atoms with Crippen molar-refractivity contribution in [1.29, 1.82) is 0 Å². The number of aromatic nitrogens is 2. The molecule has 0 spiro atoms. The zero-order chi connectivity index (χ0) is 13.0. The second kappa shape index (κ2) is 4.70. The molecule has 8 heteroatoms. The third kappa shape index (κ3) is 2.01. The highest BCUT2D eigenvalue weighted by Crippen LogP contribution is 2.42. The number of piperidine rings is 1. The number of H-pyrrole nitrogens is 1. The van der Waals surface area contributed by atoms with Gasteiger partial charge in [0.1, 0.15) is 10.5 Å². The summed E-state index contributed by atoms with van der Waals surface area (Å²) in [5, 5.41) is 3.89. The van der Waals surface area contributed by atoms with Gasteiger partial charge in [-0.25, -0.2) is 18.1 Å². The number of pyridine rings is 1. The highest BCUT2D eigenvalue weighted by Gasteiger charge is 2.54. The van der Waals surface area contributed by atoms with E-state index < -0.39 is 10.0 Å². The Morgan fingerprint density at radius 2 is 2.05 bits per heavy atom. The Bertz CT molecular complexity index is 735. The van der Waals surface area contributed by atoms with Crippen molar-refractivity contribution in [2.75, 3.05) is 13.1 Å². The lowest BCUT2D eigenvalue weighted by Crippen LogP contribution is -2.32. The predicted octanol–water partition coefficient (Wildman–Crippen LogP) is 0.481. The minimum atomic E-state index is -3.47. The van der Waals surface area contributed by atoms with Gasteiger partial charge in [-0.05, 0) is 37.1 Å². The lowest BCUT2D eigenvalue weighted by Gasteiger charge is -2.07. The zero-order valence-corrected chi connectivity index (χ0v) is 12.2. The van der Waals surface area contributed by atoms with Crippen LogP contribution in [0, 0.1) is 11.8 Å². The molecule has 2 aliphatic rings. The van der Waals surface area contributed by atoms with Crippen molar-refractivity contribution >= 4 is 33.5 Å². The molecular weight excluding hydrogens is 300 g/mol. The number of nitrogens with zero attached hydrogens (tertiary/aromatic N) is 1. The van der Waals surface area contributed by atoms with E-state index in [1.54, 1.807) is 18.3 Å². The number of sulfonamides is 1. The van der Waals surface area contributed by atoms with Crippen LogP contribution in [-0.2, 0) is 10.0 Å². The summed E-state index contributed by atoms with van der Waals surface area (Å²) in [7, 11) is -3.47. The van der Waals surface area contributed by atoms with Crippen molar-refractivity contribution in [3.63, 3.8) is 0 Å². The van der Waals surface area contributed by atoms with E-state index in [4.69, 9.17) is 0 Å². The van der Waals surface area contributed by atoms with E-state index >= 15 is 0 Å². The lowest BCUT2D eigenvalue weighted by atomic mass is 10.3. The van der Waals surface area contributed by atoms with Crippen molar-refractivity contribution in [3.05, 3.63) is 24.5 Å². The maximum Gasteiger partial charge on any atom is 0.243 e. The molecule has 1 saturated heterocycles. The van der Waals surface area contributed by atoms with Crippen molar-refractivity contribution < 1.29 is 8.42 Å². The van der Waals surface area contributed by atoms with Gasteiger partial charge in [-0.3, -0.25) is 0 Å². The summed E-state index contributed by atoms with van der Waals surface area (Å²) < 4.78 is 27.6. The Kier molecular flexibility index (Phi) is 3.24. The number of fused-ring (bicyclic) bond motifs is 2. The predicted molar refractivity (Wildman–Crippen MR) is 77.3 cm³/mol. The van der Waals surface area contributed by atoms with Crippen molar-refractivity contribution in [3.8, 4) is 0 Å². The molecule has 108 valence electrons. The van der Waals surface area contributed by atoms with E-state index in [-0.39, 0.29) is 23.3 Å². The quantitative estimate of drug-likeness (QED) is 0.769. The average Bonchev–Trinajstić information content (AvgIpc) is 2.86. The van der Waals surface area contributed by atoms with Crippen LogP contribution in [0.15, 0.2) is 29.4 Å². The Labute approximate surface area is 122 Å². The monoisotopic (exact) mass is 314 g/mol. The summed E-state index contributed by atoms with van der Waals surface area (Å²) in [6.07, 6.45) is 3.15. The molecule has 0 bridgehead atoms. The van der Waals surface area contributed by atoms with Gasteiger partial charge in [0.05, 0.1) is 0 Å². The van der Waals surface area contributed by atoms with Crippen LogP contribution >= 0.6 is 12.4 Å². The van der Waals surface area contributed by atoms with E-state index in [0.29, 0.717) is 22.9 Å². The molecule has 2 atom stereocenters. The van der Waals surface area contributed by atoms with Crippen LogP contribution in [0.5, 0.6) is 0 Å². The number of hydrogen-bond acceptors (Lipinski definition) is 4. The lowest BCUT2D eigenvalue weighted by molar-refractivity contribution is 0.566. The van der Waals surface area contributed by atoms with E-state index in [9.17, 15) is 8.42 Å². The smallest absolute Gasteiger partial charge is 0.243 e. The molecule has 1 saturated carbocycles. The van der Waals surface area contributed by atoms with Gasteiger partial charge < -0.3 is 10.3 Å². The Morgan fingerprint density at radius 1 is 1.30 bits per heavy atom. The molecule has 2 aromatic rings. The van der Waals surface area contributed by atoms with E-state index in [1.807, 2.05) is 0 Å². The van der Waals surface area contributed by atoms with Gasteiger partial charge in [-0.1, -0.05) is 0 Å². The van der Waals surface area contributed by atoms with Crippen LogP contribution in [0.2, 0.25) is 0 Å². The molecule has 0 aromatic carbocycles. The molecule has 3 N–H and O–H groups in total. The molecule has 6 nitrogen and oxygen atoms in total. The Hall–Kier alpha value is -1.15. The molecule has 2 fully saturated rings. The molecule has 4 rings (SSSR count). The minimum Gasteiger partial charge on any atom is -0.345 e. The number of aromatic amines is 1. The number of hydrogen-bond donors (Lipinski definition) is 3. The fraction of sp³-hybridized carbons (Fsp3) is 0.417. The van der Waals surface area contributed by atoms with E-state index in [0.717, 1.165) is 13.1 Å². The number of rotatable bonds is 3. The van der Waals surface area contributed by atoms with Crippen molar-refractivity contribution in [1.82, 2.24) is 20.0 Å². The number of halogens is 1. The molecule has 2 aromatic heterocycles. The van der Waals surface area contributed by atoms with Gasteiger partial charge in [0.25, 0.3) is 0 Å². The first-order valence-corrected chi connectivity index (χ1v) is 7.80. The Morgan fingerprint density at radius 3 is 2.80 bits per heavy atom. The summed E-state index contributed by atoms with van der Waals surface area (Å²) in [4.78, 5) is 7.29. The first kappa shape index (κ1) is 13.8. The summed E-state index contributed by atoms with van der Waals surface area (Å²) in [5.74, 6) is 0.913. The van der Waals surface area contributed by atoms with Crippen LogP contribution in [0.1, 0.15) is 0 Å². The van der Waals surface area contributed by atoms with Crippen LogP contribution in [0.3, 0.4) is 0 Å². The zero-order valence-electron chi connectivity index (χ0n) is 10.5. The maximum absolute atomic E-state index is 12.4. The van der Waals surface area contributed by atoms with Gasteiger partial charge >= 0.3 is 0 Å². The summed E-state index contributed by atoms with van der Waals surface area (Å²) in [5.41, 5.74) is 0.598. The summed E-state index contributed by atoms with van der Waals surface area (Å²) in [6.45, 7) is 1.82. The van der Waals surface area contributed by atoms with Gasteiger partial charge in [-0.15, -0.1) is 12.4 Å². The van der Waals surface area contributed by atoms with Crippen LogP contribution in [-0.4, -0.2) is 37.5 Å². The van der Waals surface area contributed by atoms with Gasteiger partial charge in [-0.2, -0.15) is 0 Å². The van der Waals surface area contributed by atoms with E-state index in [2.05, 4.69) is 20.0 Å². The van der Waals surface area contributed by atoms with Crippen molar-refractivity contribution in [2.45, 2.75) is 10.9 Å². The molecular formula is C12H15ClN4O2S. The Balaban J connectivity index is 0.00000121. The van der Waals surface area contributed by atoms with Gasteiger partial charge in [0.2, 0.25) is 10.0 Å². The molecule has 0 amide bonds. The molecule has 1 aliphatic carbocycles. The SMILES string of the molecule is Cl.O=S(=O)(NC1C2CNCC21)c1c[nH]c2ncccc12. The fourth-order valence-electron chi connectivity index (χ4n) is 2.99. The first-order chi connectivity index (χ1) is 9.17. The van der Waals surface area contributed by atoms with Crippen LogP contribution in [0.25, 0.3) is 11.0 Å². The van der Waals surface area contributed by atoms with Gasteiger partial charge in [0, 0.05) is 23.8 Å². The van der Waals surface area contributed by atoms with Crippen LogP contribution < -0.4 is 10.0 Å². The van der Waals surface area contributed by atoms with Crippen LogP contribution in [0.4, 0.5) is 0 Å². The second-order valence-electron chi connectivity index (χ2n) is 5.19. The third-order valence-electron chi connectivity index (χ3n) is 4.09. The summed E-state index contributed by atoms with van der Waals surface area (Å²) in [6, 6.07) is 3.60. The van der Waals surface area contributed by atoms with E-state index in [1.165, 1.54) is 6.20 Å². The largest absolute Gasteiger partial charge is 0.345 e. The first-order valence-electron chi connectivity index (χ1n) is 6.32. The highest BCUT2D eigenvalue weighted by atomic mass is 35.5. The normalized spacial score (nSPS) is 28.1. The molecule has 1 aliphatic heterocycles. The summed E-state index contributed by atoms with van der Waals surface area (Å²) >= 11 is 0. The molecule has 2 unspecified atom stereocenters.